The molecular weight excluding hydrogens is 576 g/mol. The van der Waals surface area contributed by atoms with Gasteiger partial charge in [-0.25, -0.2) is 13.4 Å². The topological polar surface area (TPSA) is 113 Å². The van der Waals surface area contributed by atoms with Gasteiger partial charge in [0, 0.05) is 12.3 Å². The van der Waals surface area contributed by atoms with E-state index in [1.54, 1.807) is 18.3 Å². The third-order valence-electron chi connectivity index (χ3n) is 8.10. The van der Waals surface area contributed by atoms with E-state index >= 15 is 0 Å². The molecule has 3 aromatic carbocycles. The molecular formula is C35H44N2O6S. The van der Waals surface area contributed by atoms with Gasteiger partial charge in [-0.05, 0) is 49.6 Å². The maximum absolute atomic E-state index is 12.0. The van der Waals surface area contributed by atoms with Crippen LogP contribution in [0.2, 0.25) is 0 Å². The third kappa shape index (κ3) is 9.25. The number of para-hydroxylation sites is 1. The van der Waals surface area contributed by atoms with Crippen molar-refractivity contribution in [2.45, 2.75) is 62.5 Å². The summed E-state index contributed by atoms with van der Waals surface area (Å²) in [6, 6.07) is 25.6. The first-order chi connectivity index (χ1) is 21.0. The molecule has 0 unspecified atom stereocenters. The predicted octanol–water partition coefficient (Wildman–Crippen LogP) is 6.44. The molecule has 236 valence electrons. The number of hydrogen-bond donors (Lipinski definition) is 1. The van der Waals surface area contributed by atoms with Gasteiger partial charge in [0.05, 0.1) is 38.3 Å². The summed E-state index contributed by atoms with van der Waals surface area (Å²) in [6.07, 6.45) is 8.24. The Morgan fingerprint density at radius 2 is 1.57 bits per heavy atom. The van der Waals surface area contributed by atoms with Gasteiger partial charge >= 0.3 is 0 Å². The monoisotopic (exact) mass is 620 g/mol. The Morgan fingerprint density at radius 1 is 0.955 bits per heavy atom. The SMILES string of the molecule is C[N+](C)(CCCOc1ccccc1)Cc1cnc([C@](O)(c2ccccc2)C2CCCCC2)o1.Cc1ccc(S(=O)(=O)[O-])cc1. The second-order valence-electron chi connectivity index (χ2n) is 12.2. The maximum atomic E-state index is 12.0. The minimum Gasteiger partial charge on any atom is -0.744 e. The van der Waals surface area contributed by atoms with Crippen LogP contribution in [-0.4, -0.2) is 54.8 Å². The van der Waals surface area contributed by atoms with E-state index in [0.717, 1.165) is 65.8 Å². The molecule has 9 heteroatoms. The zero-order chi connectivity index (χ0) is 31.6. The van der Waals surface area contributed by atoms with Crippen LogP contribution in [0, 0.1) is 12.8 Å². The molecule has 0 radical (unpaired) electrons. The van der Waals surface area contributed by atoms with Crippen molar-refractivity contribution in [1.29, 1.82) is 0 Å². The van der Waals surface area contributed by atoms with Crippen molar-refractivity contribution in [3.8, 4) is 5.75 Å². The number of rotatable bonds is 11. The Bertz CT molecular complexity index is 1530. The lowest BCUT2D eigenvalue weighted by molar-refractivity contribution is -0.904. The highest BCUT2D eigenvalue weighted by Gasteiger charge is 2.44. The van der Waals surface area contributed by atoms with Crippen molar-refractivity contribution < 1.29 is 31.7 Å². The zero-order valence-electron chi connectivity index (χ0n) is 25.9. The van der Waals surface area contributed by atoms with Crippen LogP contribution in [0.25, 0.3) is 0 Å². The molecule has 1 aliphatic carbocycles. The number of benzene rings is 3. The predicted molar refractivity (Wildman–Crippen MR) is 169 cm³/mol. The van der Waals surface area contributed by atoms with E-state index < -0.39 is 15.7 Å². The van der Waals surface area contributed by atoms with Crippen LogP contribution in [0.3, 0.4) is 0 Å². The number of quaternary nitrogens is 1. The van der Waals surface area contributed by atoms with E-state index in [4.69, 9.17) is 9.15 Å². The number of nitrogens with zero attached hydrogens (tertiary/aromatic N) is 2. The van der Waals surface area contributed by atoms with E-state index in [2.05, 4.69) is 19.1 Å². The molecule has 0 amide bonds. The molecule has 1 aromatic heterocycles. The Hall–Kier alpha value is -3.50. The normalized spacial score (nSPS) is 15.6. The third-order valence-corrected chi connectivity index (χ3v) is 8.95. The highest BCUT2D eigenvalue weighted by molar-refractivity contribution is 7.85. The molecule has 1 aliphatic rings. The van der Waals surface area contributed by atoms with Crippen molar-refractivity contribution >= 4 is 10.1 Å². The summed E-state index contributed by atoms with van der Waals surface area (Å²) >= 11 is 0. The van der Waals surface area contributed by atoms with E-state index in [1.165, 1.54) is 18.6 Å². The van der Waals surface area contributed by atoms with E-state index in [9.17, 15) is 18.1 Å². The van der Waals surface area contributed by atoms with Crippen LogP contribution in [-0.2, 0) is 22.3 Å². The largest absolute Gasteiger partial charge is 0.744 e. The summed E-state index contributed by atoms with van der Waals surface area (Å²) in [5.74, 6) is 2.27. The molecule has 8 nitrogen and oxygen atoms in total. The lowest BCUT2D eigenvalue weighted by Crippen LogP contribution is -2.40. The van der Waals surface area contributed by atoms with Crippen molar-refractivity contribution in [2.24, 2.45) is 5.92 Å². The molecule has 1 fully saturated rings. The highest BCUT2D eigenvalue weighted by atomic mass is 32.2. The fourth-order valence-corrected chi connectivity index (χ4v) is 6.18. The number of aryl methyl sites for hydroxylation is 1. The highest BCUT2D eigenvalue weighted by Crippen LogP contribution is 2.43. The van der Waals surface area contributed by atoms with E-state index in [-0.39, 0.29) is 10.8 Å². The minimum atomic E-state index is -4.27. The second kappa shape index (κ2) is 15.0. The standard InChI is InChI=1S/C28H37N2O3.C7H8O3S/c1-30(2,19-12-20-32-25-17-10-5-11-18-25)22-26-21-29-27(33-26)28(31,23-13-6-3-7-14-23)24-15-8-4-9-16-24;1-6-2-4-7(5-3-6)11(8,9)10/h3,5-7,10-11,13-14,17-18,21,24,31H,4,8-9,12,15-16,19-20,22H2,1-2H3;2-5H,1H3,(H,8,9,10)/q+1;/p-1/t28-;/m0./s1. The molecule has 1 atom stereocenters. The van der Waals surface area contributed by atoms with Crippen molar-refractivity contribution in [2.75, 3.05) is 27.2 Å². The number of ether oxygens (including phenoxy) is 1. The molecule has 0 bridgehead atoms. The first-order valence-corrected chi connectivity index (χ1v) is 16.6. The van der Waals surface area contributed by atoms with Gasteiger partial charge in [-0.3, -0.25) is 0 Å². The fourth-order valence-electron chi connectivity index (χ4n) is 5.71. The molecule has 1 heterocycles. The van der Waals surface area contributed by atoms with Gasteiger partial charge in [-0.15, -0.1) is 0 Å². The van der Waals surface area contributed by atoms with Gasteiger partial charge in [0.15, 0.2) is 11.4 Å². The molecule has 0 spiro atoms. The summed E-state index contributed by atoms with van der Waals surface area (Å²) in [7, 11) is 0.110. The van der Waals surface area contributed by atoms with E-state index in [1.807, 2.05) is 67.6 Å². The van der Waals surface area contributed by atoms with Gasteiger partial charge in [0.2, 0.25) is 5.89 Å². The summed E-state index contributed by atoms with van der Waals surface area (Å²) in [5.41, 5.74) is 0.621. The van der Waals surface area contributed by atoms with Crippen LogP contribution in [0.15, 0.2) is 100 Å². The minimum absolute atomic E-state index is 0.123. The van der Waals surface area contributed by atoms with Gasteiger partial charge < -0.3 is 23.3 Å². The zero-order valence-corrected chi connectivity index (χ0v) is 26.7. The lowest BCUT2D eigenvalue weighted by Gasteiger charge is -2.36. The van der Waals surface area contributed by atoms with Crippen LogP contribution in [0.4, 0.5) is 0 Å². The van der Waals surface area contributed by atoms with Crippen LogP contribution in [0.1, 0.15) is 61.3 Å². The number of aliphatic hydroxyl groups is 1. The molecule has 4 aromatic rings. The maximum Gasteiger partial charge on any atom is 0.231 e. The second-order valence-corrected chi connectivity index (χ2v) is 13.6. The Morgan fingerprint density at radius 3 is 2.18 bits per heavy atom. The fraction of sp³-hybridized carbons (Fsp3) is 0.400. The number of aromatic nitrogens is 1. The van der Waals surface area contributed by atoms with Crippen LogP contribution >= 0.6 is 0 Å². The van der Waals surface area contributed by atoms with E-state index in [0.29, 0.717) is 19.0 Å². The van der Waals surface area contributed by atoms with Gasteiger partial charge in [0.25, 0.3) is 0 Å². The summed E-state index contributed by atoms with van der Waals surface area (Å²) in [4.78, 5) is 4.43. The van der Waals surface area contributed by atoms with Crippen molar-refractivity contribution in [3.05, 3.63) is 114 Å². The average Bonchev–Trinajstić information content (AvgIpc) is 3.48. The van der Waals surface area contributed by atoms with Gasteiger partial charge in [-0.2, -0.15) is 0 Å². The Labute approximate surface area is 261 Å². The number of hydrogen-bond acceptors (Lipinski definition) is 7. The van der Waals surface area contributed by atoms with Crippen LogP contribution in [0.5, 0.6) is 5.75 Å². The van der Waals surface area contributed by atoms with Crippen molar-refractivity contribution in [1.82, 2.24) is 4.98 Å². The Balaban J connectivity index is 0.000000339. The first-order valence-electron chi connectivity index (χ1n) is 15.2. The molecule has 0 saturated heterocycles. The van der Waals surface area contributed by atoms with Gasteiger partial charge in [0.1, 0.15) is 22.4 Å². The van der Waals surface area contributed by atoms with Crippen molar-refractivity contribution in [3.63, 3.8) is 0 Å². The quantitative estimate of drug-likeness (QED) is 0.117. The Kier molecular flexibility index (Phi) is 11.4. The molecule has 1 saturated carbocycles. The first kappa shape index (κ1) is 33.4. The summed E-state index contributed by atoms with van der Waals surface area (Å²) in [5, 5.41) is 12.0. The number of oxazole rings is 1. The average molecular weight is 621 g/mol. The summed E-state index contributed by atoms with van der Waals surface area (Å²) < 4.78 is 44.0. The summed E-state index contributed by atoms with van der Waals surface area (Å²) in [6.45, 7) is 4.17. The molecule has 5 rings (SSSR count). The molecule has 44 heavy (non-hydrogen) atoms. The van der Waals surface area contributed by atoms with Crippen LogP contribution < -0.4 is 4.74 Å². The van der Waals surface area contributed by atoms with Gasteiger partial charge in [-0.1, -0.05) is 85.5 Å². The lowest BCUT2D eigenvalue weighted by atomic mass is 9.73. The molecule has 0 aliphatic heterocycles. The molecule has 1 N–H and O–H groups in total. The smallest absolute Gasteiger partial charge is 0.231 e.